The first-order valence-electron chi connectivity index (χ1n) is 8.89. The summed E-state index contributed by atoms with van der Waals surface area (Å²) in [6.07, 6.45) is 4.54. The van der Waals surface area contributed by atoms with Crippen LogP contribution in [0.4, 0.5) is 5.95 Å². The van der Waals surface area contributed by atoms with E-state index < -0.39 is 0 Å². The number of carbonyl (C=O) groups excluding carboxylic acids is 1. The van der Waals surface area contributed by atoms with Crippen LogP contribution in [0, 0.1) is 5.92 Å². The second-order valence-electron chi connectivity index (χ2n) is 6.40. The van der Waals surface area contributed by atoms with Crippen LogP contribution < -0.4 is 5.32 Å². The number of anilines is 1. The lowest BCUT2D eigenvalue weighted by Gasteiger charge is -2.36. The highest BCUT2D eigenvalue weighted by molar-refractivity contribution is 7.99. The lowest BCUT2D eigenvalue weighted by atomic mass is 9.80. The summed E-state index contributed by atoms with van der Waals surface area (Å²) in [7, 11) is 0. The molecule has 1 N–H and O–H groups in total. The van der Waals surface area contributed by atoms with Crippen molar-refractivity contribution < 1.29 is 4.79 Å². The van der Waals surface area contributed by atoms with E-state index >= 15 is 0 Å². The van der Waals surface area contributed by atoms with E-state index in [1.54, 1.807) is 11.8 Å². The van der Waals surface area contributed by atoms with Gasteiger partial charge in [-0.3, -0.25) is 4.79 Å². The Morgan fingerprint density at radius 2 is 2.08 bits per heavy atom. The summed E-state index contributed by atoms with van der Waals surface area (Å²) in [6.45, 7) is 4.24. The minimum absolute atomic E-state index is 0.125. The first kappa shape index (κ1) is 16.4. The average molecular weight is 354 g/mol. The van der Waals surface area contributed by atoms with Crippen molar-refractivity contribution in [1.82, 2.24) is 14.8 Å². The smallest absolute Gasteiger partial charge is 0.227 e. The van der Waals surface area contributed by atoms with Crippen molar-refractivity contribution in [2.24, 2.45) is 5.92 Å². The Morgan fingerprint density at radius 1 is 1.28 bits per heavy atom. The normalized spacial score (nSPS) is 22.0. The highest BCUT2D eigenvalue weighted by Gasteiger charge is 2.41. The zero-order valence-electron chi connectivity index (χ0n) is 14.5. The fourth-order valence-electron chi connectivity index (χ4n) is 3.63. The Labute approximate surface area is 151 Å². The van der Waals surface area contributed by atoms with Gasteiger partial charge in [-0.1, -0.05) is 56.0 Å². The van der Waals surface area contributed by atoms with Crippen molar-refractivity contribution in [3.05, 3.63) is 47.2 Å². The molecule has 0 saturated heterocycles. The zero-order valence-corrected chi connectivity index (χ0v) is 15.3. The average Bonchev–Trinajstić information content (AvgIpc) is 3.02. The molecule has 1 aliphatic heterocycles. The van der Waals surface area contributed by atoms with Crippen LogP contribution >= 0.6 is 11.8 Å². The van der Waals surface area contributed by atoms with Crippen LogP contribution in [0.5, 0.6) is 0 Å². The SMILES string of the molecule is CCSc1nc2n(n1)[C@H](c1ccc(CC)cc1)[C@H]1C(=O)CCC=C1N2. The van der Waals surface area contributed by atoms with E-state index in [4.69, 9.17) is 5.10 Å². The molecule has 0 amide bonds. The maximum absolute atomic E-state index is 12.7. The molecule has 1 aromatic carbocycles. The Kier molecular flexibility index (Phi) is 4.37. The van der Waals surface area contributed by atoms with Crippen molar-refractivity contribution >= 4 is 23.5 Å². The van der Waals surface area contributed by atoms with Gasteiger partial charge >= 0.3 is 0 Å². The molecule has 1 aliphatic carbocycles. The van der Waals surface area contributed by atoms with Crippen LogP contribution in [-0.2, 0) is 11.2 Å². The highest BCUT2D eigenvalue weighted by Crippen LogP contribution is 2.41. The standard InChI is InChI=1S/C19H22N4OS/c1-3-12-8-10-13(11-9-12)17-16-14(6-5-7-15(16)24)20-18-21-19(25-4-2)22-23(17)18/h6,8-11,16-17H,3-5,7H2,1-2H3,(H,20,21,22)/t16-,17-/m1/s1. The molecule has 0 spiro atoms. The first-order chi connectivity index (χ1) is 12.2. The topological polar surface area (TPSA) is 59.8 Å². The Bertz CT molecular complexity index is 824. The van der Waals surface area contributed by atoms with Crippen molar-refractivity contribution in [3.8, 4) is 0 Å². The lowest BCUT2D eigenvalue weighted by Crippen LogP contribution is -2.38. The molecule has 0 saturated carbocycles. The van der Waals surface area contributed by atoms with Crippen molar-refractivity contribution in [2.75, 3.05) is 11.1 Å². The van der Waals surface area contributed by atoms with E-state index in [2.05, 4.69) is 54.5 Å². The first-order valence-corrected chi connectivity index (χ1v) is 9.87. The van der Waals surface area contributed by atoms with E-state index in [-0.39, 0.29) is 17.7 Å². The number of rotatable bonds is 4. The number of nitrogens with zero attached hydrogens (tertiary/aromatic N) is 3. The van der Waals surface area contributed by atoms with Gasteiger partial charge < -0.3 is 5.32 Å². The fourth-order valence-corrected chi connectivity index (χ4v) is 4.18. The molecule has 6 heteroatoms. The van der Waals surface area contributed by atoms with Crippen LogP contribution in [0.3, 0.4) is 0 Å². The molecule has 4 rings (SSSR count). The summed E-state index contributed by atoms with van der Waals surface area (Å²) in [4.78, 5) is 17.3. The number of carbonyl (C=O) groups is 1. The molecule has 2 aliphatic rings. The summed E-state index contributed by atoms with van der Waals surface area (Å²) in [5.41, 5.74) is 3.39. The predicted molar refractivity (Wildman–Crippen MR) is 99.8 cm³/mol. The minimum Gasteiger partial charge on any atom is -0.328 e. The number of aryl methyl sites for hydroxylation is 1. The number of fused-ring (bicyclic) bond motifs is 2. The monoisotopic (exact) mass is 354 g/mol. The van der Waals surface area contributed by atoms with Crippen LogP contribution in [0.2, 0.25) is 0 Å². The molecule has 25 heavy (non-hydrogen) atoms. The zero-order chi connectivity index (χ0) is 17.4. The summed E-state index contributed by atoms with van der Waals surface area (Å²) in [5.74, 6) is 1.73. The third kappa shape index (κ3) is 2.88. The van der Waals surface area contributed by atoms with E-state index in [0.717, 1.165) is 41.0 Å². The van der Waals surface area contributed by atoms with Crippen LogP contribution in [0.1, 0.15) is 43.9 Å². The number of benzene rings is 1. The van der Waals surface area contributed by atoms with Crippen molar-refractivity contribution in [1.29, 1.82) is 0 Å². The van der Waals surface area contributed by atoms with Crippen LogP contribution in [-0.4, -0.2) is 26.3 Å². The molecule has 2 atom stereocenters. The number of thioether (sulfide) groups is 1. The molecule has 2 heterocycles. The van der Waals surface area contributed by atoms with E-state index in [1.165, 1.54) is 5.56 Å². The maximum Gasteiger partial charge on any atom is 0.227 e. The highest BCUT2D eigenvalue weighted by atomic mass is 32.2. The number of hydrogen-bond donors (Lipinski definition) is 1. The van der Waals surface area contributed by atoms with Gasteiger partial charge in [0.05, 0.1) is 12.0 Å². The fraction of sp³-hybridized carbons (Fsp3) is 0.421. The molecule has 130 valence electrons. The molecule has 0 radical (unpaired) electrons. The summed E-state index contributed by atoms with van der Waals surface area (Å²) in [6, 6.07) is 8.43. The number of Topliss-reactive ketones (excluding diaryl/α,β-unsaturated/α-hetero) is 1. The van der Waals surface area contributed by atoms with Gasteiger partial charge in [-0.15, -0.1) is 5.10 Å². The Hall–Kier alpha value is -2.08. The number of hydrogen-bond acceptors (Lipinski definition) is 5. The summed E-state index contributed by atoms with van der Waals surface area (Å²) in [5, 5.41) is 8.80. The van der Waals surface area contributed by atoms with E-state index in [1.807, 2.05) is 4.68 Å². The number of aromatic nitrogens is 3. The number of allylic oxidation sites excluding steroid dienone is 2. The molecular weight excluding hydrogens is 332 g/mol. The van der Waals surface area contributed by atoms with Gasteiger partial charge in [-0.05, 0) is 29.7 Å². The van der Waals surface area contributed by atoms with Crippen LogP contribution in [0.15, 0.2) is 41.2 Å². The molecule has 0 fully saturated rings. The minimum atomic E-state index is -0.199. The molecule has 2 aromatic rings. The van der Waals surface area contributed by atoms with Gasteiger partial charge in [0.25, 0.3) is 0 Å². The molecule has 0 unspecified atom stereocenters. The second kappa shape index (κ2) is 6.67. The Balaban J connectivity index is 1.83. The quantitative estimate of drug-likeness (QED) is 0.846. The summed E-state index contributed by atoms with van der Waals surface area (Å²) >= 11 is 1.62. The molecule has 1 aromatic heterocycles. The van der Waals surface area contributed by atoms with Gasteiger partial charge in [-0.25, -0.2) is 4.68 Å². The van der Waals surface area contributed by atoms with Gasteiger partial charge in [-0.2, -0.15) is 4.98 Å². The second-order valence-corrected chi connectivity index (χ2v) is 7.63. The van der Waals surface area contributed by atoms with E-state index in [9.17, 15) is 4.79 Å². The van der Waals surface area contributed by atoms with Gasteiger partial charge in [0.2, 0.25) is 11.1 Å². The van der Waals surface area contributed by atoms with Gasteiger partial charge in [0, 0.05) is 12.1 Å². The number of ketones is 1. The van der Waals surface area contributed by atoms with E-state index in [0.29, 0.717) is 6.42 Å². The molecular formula is C19H22N4OS. The Morgan fingerprint density at radius 3 is 2.80 bits per heavy atom. The summed E-state index contributed by atoms with van der Waals surface area (Å²) < 4.78 is 1.91. The lowest BCUT2D eigenvalue weighted by molar-refractivity contribution is -0.123. The third-order valence-electron chi connectivity index (χ3n) is 4.89. The van der Waals surface area contributed by atoms with Gasteiger partial charge in [0.15, 0.2) is 0 Å². The number of nitrogens with one attached hydrogen (secondary N) is 1. The maximum atomic E-state index is 12.7. The van der Waals surface area contributed by atoms with Crippen molar-refractivity contribution in [3.63, 3.8) is 0 Å². The largest absolute Gasteiger partial charge is 0.328 e. The molecule has 5 nitrogen and oxygen atoms in total. The van der Waals surface area contributed by atoms with Gasteiger partial charge in [0.1, 0.15) is 5.78 Å². The third-order valence-corrected chi connectivity index (χ3v) is 5.61. The van der Waals surface area contributed by atoms with Crippen LogP contribution in [0.25, 0.3) is 0 Å². The predicted octanol–water partition coefficient (Wildman–Crippen LogP) is 3.83. The molecule has 0 bridgehead atoms. The van der Waals surface area contributed by atoms with Crippen molar-refractivity contribution in [2.45, 2.75) is 44.3 Å².